The normalized spacial score (nSPS) is 23.0. The molecule has 25 heavy (non-hydrogen) atoms. The van der Waals surface area contributed by atoms with E-state index in [4.69, 9.17) is 33.5 Å². The van der Waals surface area contributed by atoms with E-state index in [2.05, 4.69) is 0 Å². The molecule has 2 fully saturated rings. The molecule has 9 heteroatoms. The highest BCUT2D eigenvalue weighted by Crippen LogP contribution is 2.46. The van der Waals surface area contributed by atoms with Crippen molar-refractivity contribution in [2.24, 2.45) is 17.3 Å². The van der Waals surface area contributed by atoms with Crippen molar-refractivity contribution in [1.82, 2.24) is 0 Å². The van der Waals surface area contributed by atoms with Crippen molar-refractivity contribution in [1.29, 1.82) is 0 Å². The lowest BCUT2D eigenvalue weighted by molar-refractivity contribution is -0.135. The first-order chi connectivity index (χ1) is 11.8. The molecule has 0 radical (unpaired) electrons. The van der Waals surface area contributed by atoms with E-state index in [1.807, 2.05) is 27.7 Å². The quantitative estimate of drug-likeness (QED) is 0.577. The Hall–Kier alpha value is -0.0500. The molecule has 2 N–H and O–H groups in total. The van der Waals surface area contributed by atoms with Gasteiger partial charge < -0.3 is 18.9 Å². The maximum absolute atomic E-state index is 12.8. The molecule has 0 unspecified atom stereocenters. The molecule has 8 nitrogen and oxygen atoms in total. The van der Waals surface area contributed by atoms with E-state index >= 15 is 0 Å². The topological polar surface area (TPSA) is 98.5 Å². The van der Waals surface area contributed by atoms with Crippen LogP contribution in [0.5, 0.6) is 0 Å². The Morgan fingerprint density at radius 1 is 0.840 bits per heavy atom. The number of hydrogen-bond acceptors (Lipinski definition) is 7. The predicted octanol–water partition coefficient (Wildman–Crippen LogP) is 2.66. The summed E-state index contributed by atoms with van der Waals surface area (Å²) in [5, 5.41) is 0. The summed E-state index contributed by atoms with van der Waals surface area (Å²) in [6, 6.07) is 0. The van der Waals surface area contributed by atoms with Crippen LogP contribution in [0, 0.1) is 11.8 Å². The second kappa shape index (κ2) is 9.76. The molecule has 2 heterocycles. The van der Waals surface area contributed by atoms with Gasteiger partial charge >= 0.3 is 7.75 Å². The zero-order valence-electron chi connectivity index (χ0n) is 15.6. The van der Waals surface area contributed by atoms with Gasteiger partial charge in [0.1, 0.15) is 12.2 Å². The molecule has 2 atom stereocenters. The summed E-state index contributed by atoms with van der Waals surface area (Å²) < 4.78 is 46.1. The Kier molecular flexibility index (Phi) is 8.30. The molecule has 0 aromatic heterocycles. The molecule has 0 bridgehead atoms. The fourth-order valence-corrected chi connectivity index (χ4v) is 4.10. The third-order valence-corrected chi connectivity index (χ3v) is 5.00. The summed E-state index contributed by atoms with van der Waals surface area (Å²) in [5.74, 6) is 0.594. The average molecular weight is 381 g/mol. The van der Waals surface area contributed by atoms with Gasteiger partial charge in [-0.1, -0.05) is 27.7 Å². The molecule has 2 aliphatic heterocycles. The zero-order valence-corrected chi connectivity index (χ0v) is 16.5. The number of nitrogens with two attached hydrogens (primary N) is 1. The number of rotatable bonds is 10. The minimum atomic E-state index is -3.84. The maximum Gasteiger partial charge on any atom is 0.403 e. The second-order valence-electron chi connectivity index (χ2n) is 7.31. The lowest BCUT2D eigenvalue weighted by Crippen LogP contribution is -2.35. The van der Waals surface area contributed by atoms with E-state index in [9.17, 15) is 4.57 Å². The summed E-state index contributed by atoms with van der Waals surface area (Å²) in [5.41, 5.74) is 5.89. The summed E-state index contributed by atoms with van der Waals surface area (Å²) in [4.78, 5) is 0. The molecular formula is C16H32NO7P. The van der Waals surface area contributed by atoms with Gasteiger partial charge in [-0.3, -0.25) is 9.05 Å². The molecule has 2 aliphatic rings. The van der Waals surface area contributed by atoms with E-state index in [0.717, 1.165) is 0 Å². The molecule has 0 saturated carbocycles. The maximum atomic E-state index is 12.8. The van der Waals surface area contributed by atoms with Crippen molar-refractivity contribution in [2.75, 3.05) is 26.4 Å². The third kappa shape index (κ3) is 7.23. The smallest absolute Gasteiger partial charge is 0.348 e. The van der Waals surface area contributed by atoms with Crippen LogP contribution in [0.1, 0.15) is 40.5 Å². The Morgan fingerprint density at radius 2 is 1.16 bits per heavy atom. The van der Waals surface area contributed by atoms with E-state index in [1.165, 1.54) is 0 Å². The molecule has 0 aromatic carbocycles. The molecule has 0 amide bonds. The van der Waals surface area contributed by atoms with Gasteiger partial charge in [0.15, 0.2) is 12.6 Å². The second-order valence-corrected chi connectivity index (χ2v) is 8.81. The first-order valence-corrected chi connectivity index (χ1v) is 10.6. The van der Waals surface area contributed by atoms with Gasteiger partial charge in [-0.25, -0.2) is 10.1 Å². The summed E-state index contributed by atoms with van der Waals surface area (Å²) in [6.07, 6.45) is -1.07. The molecule has 2 rings (SSSR count). The fourth-order valence-electron chi connectivity index (χ4n) is 2.92. The van der Waals surface area contributed by atoms with Gasteiger partial charge in [0.2, 0.25) is 0 Å². The van der Waals surface area contributed by atoms with Crippen LogP contribution in [0.2, 0.25) is 0 Å². The largest absolute Gasteiger partial charge is 0.403 e. The summed E-state index contributed by atoms with van der Waals surface area (Å²) in [7, 11) is -3.84. The first-order valence-electron chi connectivity index (χ1n) is 8.98. The van der Waals surface area contributed by atoms with Crippen molar-refractivity contribution in [3.05, 3.63) is 0 Å². The van der Waals surface area contributed by atoms with E-state index in [-0.39, 0.29) is 0 Å². The Morgan fingerprint density at radius 3 is 1.44 bits per heavy atom. The minimum absolute atomic E-state index is 0.297. The average Bonchev–Trinajstić information content (AvgIpc) is 3.18. The monoisotopic (exact) mass is 381 g/mol. The van der Waals surface area contributed by atoms with Crippen molar-refractivity contribution < 1.29 is 32.6 Å². The fraction of sp³-hybridized carbons (Fsp3) is 1.00. The van der Waals surface area contributed by atoms with E-state index < -0.39 is 32.5 Å². The molecule has 0 aliphatic carbocycles. The molecule has 2 saturated heterocycles. The van der Waals surface area contributed by atoms with Crippen molar-refractivity contribution in [2.45, 2.75) is 65.3 Å². The lowest BCUT2D eigenvalue weighted by atomic mass is 10.1. The van der Waals surface area contributed by atoms with E-state index in [1.54, 1.807) is 0 Å². The highest BCUT2D eigenvalue weighted by Gasteiger charge is 2.39. The van der Waals surface area contributed by atoms with Crippen LogP contribution in [-0.2, 0) is 32.6 Å². The predicted molar refractivity (Wildman–Crippen MR) is 91.8 cm³/mol. The van der Waals surface area contributed by atoms with Crippen LogP contribution in [0.3, 0.4) is 0 Å². The lowest BCUT2D eigenvalue weighted by Gasteiger charge is -2.30. The molecule has 0 spiro atoms. The first kappa shape index (κ1) is 21.3. The van der Waals surface area contributed by atoms with Gasteiger partial charge in [-0.2, -0.15) is 0 Å². The zero-order chi connectivity index (χ0) is 18.4. The molecule has 148 valence electrons. The SMILES string of the molecule is CC(C)C[C@@H](OP(N)(=O)O[C@H](CC(C)C)C1OCCO1)C1OCCO1. The molecule has 0 aromatic rings. The van der Waals surface area contributed by atoms with Gasteiger partial charge in [0, 0.05) is 0 Å². The molecular weight excluding hydrogens is 349 g/mol. The summed E-state index contributed by atoms with van der Waals surface area (Å²) >= 11 is 0. The van der Waals surface area contributed by atoms with Crippen molar-refractivity contribution in [3.63, 3.8) is 0 Å². The highest BCUT2D eigenvalue weighted by atomic mass is 31.2. The minimum Gasteiger partial charge on any atom is -0.348 e. The van der Waals surface area contributed by atoms with Crippen LogP contribution in [0.25, 0.3) is 0 Å². The van der Waals surface area contributed by atoms with Crippen LogP contribution in [-0.4, -0.2) is 51.2 Å². The van der Waals surface area contributed by atoms with Gasteiger partial charge in [-0.05, 0) is 24.7 Å². The standard InChI is InChI=1S/C16H32NO7P/c1-11(2)9-13(15-19-5-6-20-15)23-25(17,18)24-14(10-12(3)4)16-21-7-8-22-16/h11-16H,5-10H2,1-4H3,(H2,17,18)/t13-,14-/m1/s1. The van der Waals surface area contributed by atoms with Crippen LogP contribution in [0.15, 0.2) is 0 Å². The van der Waals surface area contributed by atoms with Crippen LogP contribution in [0.4, 0.5) is 0 Å². The van der Waals surface area contributed by atoms with Crippen LogP contribution >= 0.6 is 7.75 Å². The number of hydrogen-bond donors (Lipinski definition) is 1. The number of ether oxygens (including phenoxy) is 4. The van der Waals surface area contributed by atoms with Gasteiger partial charge in [-0.15, -0.1) is 0 Å². The Bertz CT molecular complexity index is 400. The summed E-state index contributed by atoms with van der Waals surface area (Å²) in [6.45, 7) is 10.1. The van der Waals surface area contributed by atoms with Gasteiger partial charge in [0.05, 0.1) is 26.4 Å². The van der Waals surface area contributed by atoms with Crippen LogP contribution < -0.4 is 5.50 Å². The van der Waals surface area contributed by atoms with Crippen molar-refractivity contribution >= 4 is 7.75 Å². The Labute approximate surface area is 150 Å². The third-order valence-electron chi connectivity index (χ3n) is 3.87. The van der Waals surface area contributed by atoms with Crippen molar-refractivity contribution in [3.8, 4) is 0 Å². The van der Waals surface area contributed by atoms with Gasteiger partial charge in [0.25, 0.3) is 0 Å². The Balaban J connectivity index is 2.01. The highest BCUT2D eigenvalue weighted by molar-refractivity contribution is 7.51. The van der Waals surface area contributed by atoms with E-state index in [0.29, 0.717) is 51.1 Å².